The fraction of sp³-hybridized carbons (Fsp3) is 0.545. The van der Waals surface area contributed by atoms with E-state index in [2.05, 4.69) is 29.0 Å². The van der Waals surface area contributed by atoms with Crippen molar-refractivity contribution in [2.24, 2.45) is 11.7 Å². The number of nitrogens with one attached hydrogen (secondary N) is 1. The van der Waals surface area contributed by atoms with Crippen LogP contribution in [0.2, 0.25) is 0 Å². The molecule has 1 fully saturated rings. The smallest absolute Gasteiger partial charge is 0.252 e. The van der Waals surface area contributed by atoms with E-state index in [1.54, 1.807) is 19.1 Å². The summed E-state index contributed by atoms with van der Waals surface area (Å²) in [5.74, 6) is 0.395. The number of fused-ring (bicyclic) bond motifs is 1. The zero-order chi connectivity index (χ0) is 20.8. The summed E-state index contributed by atoms with van der Waals surface area (Å²) in [7, 11) is 0. The number of nitrogens with zero attached hydrogens (tertiary/aromatic N) is 2. The second-order valence-electron chi connectivity index (χ2n) is 7.53. The molecule has 1 aliphatic heterocycles. The molecule has 1 aromatic heterocycles. The molecule has 29 heavy (non-hydrogen) atoms. The Morgan fingerprint density at radius 1 is 1.34 bits per heavy atom. The standard InChI is InChI=1S/C20H27FN4O.C2H6.H3N.H2/c1-12(2)11-23-15-6-8-25(9-7-15)20-16(19(22)26)10-14-4-5-17(21)13(3)18(14)24-20;1-2;;/h4-5,10,12,15,23H,6-9,11H2,1-3H3,(H2,22,26);1-2H3;1H3;1H. The summed E-state index contributed by atoms with van der Waals surface area (Å²) in [5, 5.41) is 4.32. The lowest BCUT2D eigenvalue weighted by Gasteiger charge is -2.34. The third-order valence-corrected chi connectivity index (χ3v) is 5.03. The molecule has 0 unspecified atom stereocenters. The van der Waals surface area contributed by atoms with E-state index in [0.29, 0.717) is 34.4 Å². The fourth-order valence-corrected chi connectivity index (χ4v) is 3.47. The van der Waals surface area contributed by atoms with Gasteiger partial charge in [0, 0.05) is 31.5 Å². The molecule has 1 aliphatic rings. The minimum Gasteiger partial charge on any atom is -0.365 e. The number of carbonyl (C=O) groups excluding carboxylic acids is 1. The molecule has 2 heterocycles. The molecule has 1 saturated heterocycles. The summed E-state index contributed by atoms with van der Waals surface area (Å²) in [6, 6.07) is 5.25. The number of benzene rings is 1. The third kappa shape index (κ3) is 5.87. The van der Waals surface area contributed by atoms with Crippen LogP contribution in [0.4, 0.5) is 10.2 Å². The highest BCUT2D eigenvalue weighted by atomic mass is 19.1. The molecule has 0 radical (unpaired) electrons. The van der Waals surface area contributed by atoms with Gasteiger partial charge in [0.05, 0.1) is 11.1 Å². The Kier molecular flexibility index (Phi) is 9.46. The SMILES string of the molecule is CC.Cc1c(F)ccc2cc(C(N)=O)c(N3CCC(NCC(C)C)CC3)nc12.N.[HH]. The van der Waals surface area contributed by atoms with Gasteiger partial charge in [-0.3, -0.25) is 4.79 Å². The van der Waals surface area contributed by atoms with Crippen molar-refractivity contribution < 1.29 is 10.6 Å². The van der Waals surface area contributed by atoms with E-state index in [9.17, 15) is 9.18 Å². The molecule has 164 valence electrons. The van der Waals surface area contributed by atoms with E-state index >= 15 is 0 Å². The Morgan fingerprint density at radius 2 is 1.97 bits per heavy atom. The Bertz CT molecular complexity index is 823. The van der Waals surface area contributed by atoms with E-state index in [1.807, 2.05) is 13.8 Å². The summed E-state index contributed by atoms with van der Waals surface area (Å²) in [5.41, 5.74) is 7.08. The molecule has 2 aromatic rings. The van der Waals surface area contributed by atoms with Gasteiger partial charge in [0.1, 0.15) is 11.6 Å². The van der Waals surface area contributed by atoms with E-state index in [0.717, 1.165) is 37.9 Å². The lowest BCUT2D eigenvalue weighted by molar-refractivity contribution is 0.100. The molecule has 6 nitrogen and oxygen atoms in total. The van der Waals surface area contributed by atoms with Crippen molar-refractivity contribution in [1.29, 1.82) is 0 Å². The molecule has 1 amide bonds. The molecular formula is C22H38FN5O. The van der Waals surface area contributed by atoms with Crippen LogP contribution in [0, 0.1) is 18.7 Å². The second kappa shape index (κ2) is 11.1. The number of nitrogens with two attached hydrogens (primary N) is 1. The Balaban J connectivity index is 0.00000204. The van der Waals surface area contributed by atoms with Crippen LogP contribution in [-0.2, 0) is 0 Å². The second-order valence-corrected chi connectivity index (χ2v) is 7.53. The van der Waals surface area contributed by atoms with E-state index in [-0.39, 0.29) is 13.4 Å². The first-order valence-corrected chi connectivity index (χ1v) is 10.2. The average molecular weight is 408 g/mol. The number of primary amides is 1. The summed E-state index contributed by atoms with van der Waals surface area (Å²) in [6.07, 6.45) is 1.96. The van der Waals surface area contributed by atoms with Crippen molar-refractivity contribution in [3.63, 3.8) is 0 Å². The first-order valence-electron chi connectivity index (χ1n) is 10.2. The first kappa shape index (κ1) is 24.8. The maximum Gasteiger partial charge on any atom is 0.252 e. The van der Waals surface area contributed by atoms with Gasteiger partial charge in [-0.15, -0.1) is 0 Å². The van der Waals surface area contributed by atoms with Crippen molar-refractivity contribution in [3.8, 4) is 0 Å². The molecule has 7 heteroatoms. The molecule has 1 aromatic carbocycles. The number of amides is 1. The Hall–Kier alpha value is -2.25. The Morgan fingerprint density at radius 3 is 2.52 bits per heavy atom. The summed E-state index contributed by atoms with van der Waals surface area (Å²) < 4.78 is 13.9. The lowest BCUT2D eigenvalue weighted by atomic mass is 10.0. The van der Waals surface area contributed by atoms with Gasteiger partial charge in [0.2, 0.25) is 0 Å². The molecular weight excluding hydrogens is 369 g/mol. The van der Waals surface area contributed by atoms with E-state index < -0.39 is 5.91 Å². The maximum absolute atomic E-state index is 13.9. The number of hydrogen-bond acceptors (Lipinski definition) is 5. The minimum atomic E-state index is -0.503. The predicted molar refractivity (Wildman–Crippen MR) is 122 cm³/mol. The van der Waals surface area contributed by atoms with Crippen LogP contribution in [0.15, 0.2) is 18.2 Å². The van der Waals surface area contributed by atoms with Gasteiger partial charge >= 0.3 is 0 Å². The number of anilines is 1. The quantitative estimate of drug-likeness (QED) is 0.680. The predicted octanol–water partition coefficient (Wildman–Crippen LogP) is 4.43. The number of hydrogen-bond donors (Lipinski definition) is 3. The van der Waals surface area contributed by atoms with Crippen molar-refractivity contribution in [2.45, 2.75) is 53.5 Å². The fourth-order valence-electron chi connectivity index (χ4n) is 3.47. The molecule has 6 N–H and O–H groups in total. The van der Waals surface area contributed by atoms with E-state index in [1.165, 1.54) is 6.07 Å². The van der Waals surface area contributed by atoms with Gasteiger partial charge in [-0.1, -0.05) is 27.7 Å². The van der Waals surface area contributed by atoms with Crippen molar-refractivity contribution >= 4 is 22.6 Å². The average Bonchev–Trinajstić information content (AvgIpc) is 2.70. The highest BCUT2D eigenvalue weighted by molar-refractivity contribution is 6.02. The van der Waals surface area contributed by atoms with Crippen LogP contribution in [0.1, 0.15) is 57.9 Å². The normalized spacial score (nSPS) is 14.4. The number of piperidine rings is 1. The number of aryl methyl sites for hydroxylation is 1. The number of aromatic nitrogens is 1. The summed E-state index contributed by atoms with van der Waals surface area (Å²) in [4.78, 5) is 18.7. The molecule has 0 bridgehead atoms. The zero-order valence-electron chi connectivity index (χ0n) is 18.4. The lowest BCUT2D eigenvalue weighted by Crippen LogP contribution is -2.44. The molecule has 0 spiro atoms. The van der Waals surface area contributed by atoms with Crippen molar-refractivity contribution in [3.05, 3.63) is 35.1 Å². The number of rotatable bonds is 5. The number of pyridine rings is 1. The molecule has 0 atom stereocenters. The van der Waals surface area contributed by atoms with Gasteiger partial charge in [-0.25, -0.2) is 9.37 Å². The van der Waals surface area contributed by atoms with Gasteiger partial charge in [0.15, 0.2) is 0 Å². The van der Waals surface area contributed by atoms with Crippen LogP contribution < -0.4 is 22.1 Å². The highest BCUT2D eigenvalue weighted by Crippen LogP contribution is 2.28. The largest absolute Gasteiger partial charge is 0.365 e. The molecule has 0 aliphatic carbocycles. The molecule has 3 rings (SSSR count). The van der Waals surface area contributed by atoms with Gasteiger partial charge in [0.25, 0.3) is 5.91 Å². The number of halogens is 1. The summed E-state index contributed by atoms with van der Waals surface area (Å²) in [6.45, 7) is 12.7. The van der Waals surface area contributed by atoms with Crippen LogP contribution in [0.3, 0.4) is 0 Å². The third-order valence-electron chi connectivity index (χ3n) is 5.03. The Labute approximate surface area is 175 Å². The summed E-state index contributed by atoms with van der Waals surface area (Å²) >= 11 is 0. The van der Waals surface area contributed by atoms with Crippen LogP contribution in [0.5, 0.6) is 0 Å². The van der Waals surface area contributed by atoms with Crippen molar-refractivity contribution in [2.75, 3.05) is 24.5 Å². The van der Waals surface area contributed by atoms with Crippen LogP contribution in [0.25, 0.3) is 10.9 Å². The monoisotopic (exact) mass is 407 g/mol. The van der Waals surface area contributed by atoms with E-state index in [4.69, 9.17) is 5.73 Å². The first-order chi connectivity index (χ1) is 13.4. The molecule has 0 saturated carbocycles. The maximum atomic E-state index is 13.9. The number of carbonyl (C=O) groups is 1. The van der Waals surface area contributed by atoms with Crippen LogP contribution in [-0.4, -0.2) is 36.6 Å². The zero-order valence-corrected chi connectivity index (χ0v) is 18.4. The minimum absolute atomic E-state index is 0. The van der Waals surface area contributed by atoms with Crippen molar-refractivity contribution in [1.82, 2.24) is 16.5 Å². The van der Waals surface area contributed by atoms with Gasteiger partial charge in [-0.2, -0.15) is 0 Å². The van der Waals surface area contributed by atoms with Gasteiger partial charge in [-0.05, 0) is 50.4 Å². The highest BCUT2D eigenvalue weighted by Gasteiger charge is 2.24. The topological polar surface area (TPSA) is 106 Å². The van der Waals surface area contributed by atoms with Gasteiger partial charge < -0.3 is 22.1 Å². The van der Waals surface area contributed by atoms with Crippen LogP contribution >= 0.6 is 0 Å².